The highest BCUT2D eigenvalue weighted by molar-refractivity contribution is 7.89. The predicted octanol–water partition coefficient (Wildman–Crippen LogP) is 1.79. The van der Waals surface area contributed by atoms with Crippen molar-refractivity contribution in [2.45, 2.75) is 12.8 Å². The maximum absolute atomic E-state index is 11.6. The van der Waals surface area contributed by atoms with E-state index >= 15 is 0 Å². The first-order chi connectivity index (χ1) is 9.52. The van der Waals surface area contributed by atoms with Crippen molar-refractivity contribution < 1.29 is 17.9 Å². The minimum Gasteiger partial charge on any atom is -0.493 e. The molecule has 0 saturated heterocycles. The second-order valence-corrected chi connectivity index (χ2v) is 6.50. The van der Waals surface area contributed by atoms with E-state index in [1.165, 1.54) is 0 Å². The van der Waals surface area contributed by atoms with Crippen molar-refractivity contribution >= 4 is 21.6 Å². The Balaban J connectivity index is 2.54. The Morgan fingerprint density at radius 3 is 2.50 bits per heavy atom. The predicted molar refractivity (Wildman–Crippen MR) is 80.4 cm³/mol. The summed E-state index contributed by atoms with van der Waals surface area (Å²) < 4.78 is 36.1. The number of hydrogen-bond donors (Lipinski definition) is 1. The van der Waals surface area contributed by atoms with Crippen LogP contribution in [0.5, 0.6) is 11.5 Å². The standard InChI is InChI=1S/C13H20ClNO4S/c1-18-12-5-4-11(10-13(12)19-2)6-8-15-20(16,17)9-3-7-14/h4-5,10,15H,3,6-9H2,1-2H3. The molecule has 7 heteroatoms. The molecule has 1 aromatic rings. The van der Waals surface area contributed by atoms with Crippen LogP contribution in [0, 0.1) is 0 Å². The maximum Gasteiger partial charge on any atom is 0.211 e. The van der Waals surface area contributed by atoms with Gasteiger partial charge in [-0.15, -0.1) is 11.6 Å². The van der Waals surface area contributed by atoms with Gasteiger partial charge in [-0.1, -0.05) is 6.07 Å². The molecule has 0 unspecified atom stereocenters. The van der Waals surface area contributed by atoms with Crippen LogP contribution in [0.4, 0.5) is 0 Å². The Morgan fingerprint density at radius 1 is 1.20 bits per heavy atom. The van der Waals surface area contributed by atoms with Gasteiger partial charge in [-0.25, -0.2) is 13.1 Å². The lowest BCUT2D eigenvalue weighted by Gasteiger charge is -2.10. The van der Waals surface area contributed by atoms with Crippen LogP contribution in [-0.2, 0) is 16.4 Å². The lowest BCUT2D eigenvalue weighted by molar-refractivity contribution is 0.354. The van der Waals surface area contributed by atoms with Crippen LogP contribution >= 0.6 is 11.6 Å². The molecule has 0 saturated carbocycles. The number of hydrogen-bond acceptors (Lipinski definition) is 4. The van der Waals surface area contributed by atoms with Crippen molar-refractivity contribution in [3.05, 3.63) is 23.8 Å². The minimum absolute atomic E-state index is 0.0580. The van der Waals surface area contributed by atoms with Crippen molar-refractivity contribution in [2.75, 3.05) is 32.4 Å². The monoisotopic (exact) mass is 321 g/mol. The Labute approximate surface area is 125 Å². The molecule has 1 aromatic carbocycles. The summed E-state index contributed by atoms with van der Waals surface area (Å²) in [5.41, 5.74) is 0.975. The van der Waals surface area contributed by atoms with E-state index in [2.05, 4.69) is 4.72 Å². The lowest BCUT2D eigenvalue weighted by Crippen LogP contribution is -2.28. The number of benzene rings is 1. The number of alkyl halides is 1. The second-order valence-electron chi connectivity index (χ2n) is 4.20. The average Bonchev–Trinajstić information content (AvgIpc) is 2.44. The first kappa shape index (κ1) is 17.1. The lowest BCUT2D eigenvalue weighted by atomic mass is 10.1. The number of halogens is 1. The summed E-state index contributed by atoms with van der Waals surface area (Å²) in [5.74, 6) is 1.69. The number of sulfonamides is 1. The smallest absolute Gasteiger partial charge is 0.211 e. The van der Waals surface area contributed by atoms with E-state index in [9.17, 15) is 8.42 Å². The Bertz CT molecular complexity index is 519. The van der Waals surface area contributed by atoms with Gasteiger partial charge in [0.15, 0.2) is 11.5 Å². The van der Waals surface area contributed by atoms with Gasteiger partial charge in [0.05, 0.1) is 20.0 Å². The third-order valence-corrected chi connectivity index (χ3v) is 4.47. The van der Waals surface area contributed by atoms with E-state index in [4.69, 9.17) is 21.1 Å². The van der Waals surface area contributed by atoms with Gasteiger partial charge in [-0.2, -0.15) is 0 Å². The zero-order valence-electron chi connectivity index (χ0n) is 11.7. The molecule has 0 radical (unpaired) electrons. The van der Waals surface area contributed by atoms with E-state index in [0.29, 0.717) is 36.8 Å². The molecule has 1 rings (SSSR count). The molecule has 0 aliphatic heterocycles. The highest BCUT2D eigenvalue weighted by atomic mass is 35.5. The fourth-order valence-corrected chi connectivity index (χ4v) is 3.08. The zero-order valence-corrected chi connectivity index (χ0v) is 13.3. The summed E-state index contributed by atoms with van der Waals surface area (Å²) in [5, 5.41) is 0. The van der Waals surface area contributed by atoms with Gasteiger partial charge in [0.1, 0.15) is 0 Å². The van der Waals surface area contributed by atoms with Gasteiger partial charge in [-0.3, -0.25) is 0 Å². The Hall–Kier alpha value is -0.980. The van der Waals surface area contributed by atoms with E-state index in [1.807, 2.05) is 12.1 Å². The quantitative estimate of drug-likeness (QED) is 0.704. The zero-order chi connectivity index (χ0) is 15.0. The molecule has 0 fully saturated rings. The third kappa shape index (κ3) is 5.56. The summed E-state index contributed by atoms with van der Waals surface area (Å²) in [6.07, 6.45) is 1.04. The molecule has 0 aliphatic carbocycles. The normalized spacial score (nSPS) is 11.3. The van der Waals surface area contributed by atoms with Crippen LogP contribution in [-0.4, -0.2) is 40.8 Å². The van der Waals surface area contributed by atoms with Crippen LogP contribution in [0.3, 0.4) is 0 Å². The van der Waals surface area contributed by atoms with Crippen LogP contribution < -0.4 is 14.2 Å². The molecule has 0 spiro atoms. The van der Waals surface area contributed by atoms with Crippen LogP contribution in [0.1, 0.15) is 12.0 Å². The molecule has 0 amide bonds. The first-order valence-electron chi connectivity index (χ1n) is 6.26. The van der Waals surface area contributed by atoms with E-state index < -0.39 is 10.0 Å². The van der Waals surface area contributed by atoms with Gasteiger partial charge in [0, 0.05) is 12.4 Å². The summed E-state index contributed by atoms with van der Waals surface area (Å²) in [6.45, 7) is 0.347. The van der Waals surface area contributed by atoms with Crippen molar-refractivity contribution in [3.63, 3.8) is 0 Å². The van der Waals surface area contributed by atoms with Gasteiger partial charge in [-0.05, 0) is 30.5 Å². The number of ether oxygens (including phenoxy) is 2. The maximum atomic E-state index is 11.6. The highest BCUT2D eigenvalue weighted by Gasteiger charge is 2.09. The van der Waals surface area contributed by atoms with Crippen LogP contribution in [0.15, 0.2) is 18.2 Å². The molecule has 0 aromatic heterocycles. The van der Waals surface area contributed by atoms with Crippen molar-refractivity contribution in [1.82, 2.24) is 4.72 Å². The Morgan fingerprint density at radius 2 is 1.90 bits per heavy atom. The molecule has 1 N–H and O–H groups in total. The molecular formula is C13H20ClNO4S. The molecule has 0 atom stereocenters. The van der Waals surface area contributed by atoms with E-state index in [-0.39, 0.29) is 5.75 Å². The fraction of sp³-hybridized carbons (Fsp3) is 0.538. The summed E-state index contributed by atoms with van der Waals surface area (Å²) >= 11 is 5.48. The van der Waals surface area contributed by atoms with Crippen molar-refractivity contribution in [2.24, 2.45) is 0 Å². The van der Waals surface area contributed by atoms with Gasteiger partial charge >= 0.3 is 0 Å². The number of methoxy groups -OCH3 is 2. The highest BCUT2D eigenvalue weighted by Crippen LogP contribution is 2.27. The SMILES string of the molecule is COc1ccc(CCNS(=O)(=O)CCCCl)cc1OC. The number of rotatable bonds is 9. The minimum atomic E-state index is -3.23. The molecule has 0 heterocycles. The second kappa shape index (κ2) is 8.34. The largest absolute Gasteiger partial charge is 0.493 e. The first-order valence-corrected chi connectivity index (χ1v) is 8.45. The summed E-state index contributed by atoms with van der Waals surface area (Å²) in [7, 11) is -0.0948. The summed E-state index contributed by atoms with van der Waals surface area (Å²) in [6, 6.07) is 5.52. The van der Waals surface area contributed by atoms with Crippen molar-refractivity contribution in [3.8, 4) is 11.5 Å². The third-order valence-electron chi connectivity index (χ3n) is 2.73. The molecule has 0 aliphatic rings. The van der Waals surface area contributed by atoms with Crippen LogP contribution in [0.2, 0.25) is 0 Å². The van der Waals surface area contributed by atoms with Gasteiger partial charge < -0.3 is 9.47 Å². The van der Waals surface area contributed by atoms with Crippen LogP contribution in [0.25, 0.3) is 0 Å². The average molecular weight is 322 g/mol. The topological polar surface area (TPSA) is 64.6 Å². The fourth-order valence-electron chi connectivity index (χ4n) is 1.70. The van der Waals surface area contributed by atoms with E-state index in [0.717, 1.165) is 5.56 Å². The molecule has 114 valence electrons. The summed E-state index contributed by atoms with van der Waals surface area (Å²) in [4.78, 5) is 0. The Kier molecular flexibility index (Phi) is 7.12. The molecule has 5 nitrogen and oxygen atoms in total. The van der Waals surface area contributed by atoms with E-state index in [1.54, 1.807) is 20.3 Å². The van der Waals surface area contributed by atoms with Crippen molar-refractivity contribution in [1.29, 1.82) is 0 Å². The van der Waals surface area contributed by atoms with Gasteiger partial charge in [0.2, 0.25) is 10.0 Å². The molecular weight excluding hydrogens is 302 g/mol. The number of nitrogens with one attached hydrogen (secondary N) is 1. The molecule has 20 heavy (non-hydrogen) atoms. The van der Waals surface area contributed by atoms with Gasteiger partial charge in [0.25, 0.3) is 0 Å². The molecule has 0 bridgehead atoms.